The second-order valence-electron chi connectivity index (χ2n) is 16.7. The molecule has 0 bridgehead atoms. The number of hydrogen-bond donors (Lipinski definition) is 0. The number of allylic oxidation sites excluding steroid dienone is 6. The first kappa shape index (κ1) is 47.3. The lowest BCUT2D eigenvalue weighted by Gasteiger charge is -2.07. The van der Waals surface area contributed by atoms with Gasteiger partial charge in [-0.25, -0.2) is 0 Å². The molecule has 0 fully saturated rings. The number of carbonyl (C=O) groups is 3. The highest BCUT2D eigenvalue weighted by molar-refractivity contribution is 5.79. The first-order chi connectivity index (χ1) is 24.9. The summed E-state index contributed by atoms with van der Waals surface area (Å²) in [5, 5.41) is 0. The van der Waals surface area contributed by atoms with Crippen LogP contribution in [0.15, 0.2) is 36.5 Å². The van der Waals surface area contributed by atoms with Crippen molar-refractivity contribution in [3.8, 4) is 0 Å². The molecule has 0 saturated heterocycles. The van der Waals surface area contributed by atoms with Gasteiger partial charge < -0.3 is 0 Å². The summed E-state index contributed by atoms with van der Waals surface area (Å²) in [7, 11) is 0. The maximum atomic E-state index is 11.7. The van der Waals surface area contributed by atoms with Gasteiger partial charge in [-0.05, 0) is 88.4 Å². The zero-order valence-corrected chi connectivity index (χ0v) is 34.3. The molecule has 0 saturated carbocycles. The summed E-state index contributed by atoms with van der Waals surface area (Å²) in [5.74, 6) is 2.90. The standard InChI is InChI=1S/3C16H28O/c3*1-15-12-10-8-6-4-2-3-5-7-9-11-13-16(17)14-15/h10,12,15H,2-9,11,13-14H2,1H3;2*8,10,15H,2-7,9,11-14H2,1H3/b12-10+;10-8-;. The third kappa shape index (κ3) is 33.8. The number of carbonyl (C=O) groups excluding carboxylic acids is 3. The fraction of sp³-hybridized carbons (Fsp3) is 0.812. The smallest absolute Gasteiger partial charge is 0.133 e. The summed E-state index contributed by atoms with van der Waals surface area (Å²) in [5.41, 5.74) is 0. The van der Waals surface area contributed by atoms with E-state index in [1.807, 2.05) is 0 Å². The number of ketones is 3. The van der Waals surface area contributed by atoms with Gasteiger partial charge in [0.15, 0.2) is 0 Å². The van der Waals surface area contributed by atoms with Gasteiger partial charge in [0.05, 0.1) is 0 Å². The van der Waals surface area contributed by atoms with E-state index in [1.54, 1.807) is 0 Å². The van der Waals surface area contributed by atoms with Crippen LogP contribution in [0.5, 0.6) is 0 Å². The molecule has 0 heterocycles. The Balaban J connectivity index is 0.000000382. The Kier molecular flexibility index (Phi) is 32.7. The Labute approximate surface area is 317 Å². The van der Waals surface area contributed by atoms with E-state index in [0.717, 1.165) is 70.6 Å². The van der Waals surface area contributed by atoms with Crippen LogP contribution >= 0.6 is 0 Å². The summed E-state index contributed by atoms with van der Waals surface area (Å²) >= 11 is 0. The molecule has 0 aromatic carbocycles. The molecule has 3 unspecified atom stereocenters. The van der Waals surface area contributed by atoms with Crippen LogP contribution in [-0.4, -0.2) is 17.3 Å². The first-order valence-electron chi connectivity index (χ1n) is 22.4. The Hall–Kier alpha value is -1.77. The van der Waals surface area contributed by atoms with Gasteiger partial charge in [-0.3, -0.25) is 14.4 Å². The minimum absolute atomic E-state index is 0.438. The second kappa shape index (κ2) is 35.3. The van der Waals surface area contributed by atoms with Gasteiger partial charge in [0.2, 0.25) is 0 Å². The Morgan fingerprint density at radius 2 is 0.647 bits per heavy atom. The molecule has 3 nitrogen and oxygen atoms in total. The van der Waals surface area contributed by atoms with Gasteiger partial charge in [0, 0.05) is 38.5 Å². The maximum Gasteiger partial charge on any atom is 0.133 e. The van der Waals surface area contributed by atoms with Gasteiger partial charge in [-0.1, -0.05) is 160 Å². The molecule has 0 radical (unpaired) electrons. The Bertz CT molecular complexity index is 877. The van der Waals surface area contributed by atoms with E-state index >= 15 is 0 Å². The van der Waals surface area contributed by atoms with E-state index in [0.29, 0.717) is 35.1 Å². The average molecular weight is 709 g/mol. The highest BCUT2D eigenvalue weighted by atomic mass is 16.1. The predicted molar refractivity (Wildman–Crippen MR) is 222 cm³/mol. The zero-order chi connectivity index (χ0) is 37.0. The van der Waals surface area contributed by atoms with E-state index in [9.17, 15) is 14.4 Å². The summed E-state index contributed by atoms with van der Waals surface area (Å²) in [6.07, 6.45) is 52.9. The molecule has 3 atom stereocenters. The fourth-order valence-corrected chi connectivity index (χ4v) is 7.48. The lowest BCUT2D eigenvalue weighted by molar-refractivity contribution is -0.120. The normalized spacial score (nSPS) is 27.4. The van der Waals surface area contributed by atoms with Crippen LogP contribution in [-0.2, 0) is 14.4 Å². The van der Waals surface area contributed by atoms with Crippen LogP contribution in [0.3, 0.4) is 0 Å². The largest absolute Gasteiger partial charge is 0.300 e. The van der Waals surface area contributed by atoms with Gasteiger partial charge in [0.1, 0.15) is 17.3 Å². The fourth-order valence-electron chi connectivity index (χ4n) is 7.48. The summed E-state index contributed by atoms with van der Waals surface area (Å²) < 4.78 is 0. The van der Waals surface area contributed by atoms with Crippen molar-refractivity contribution in [2.24, 2.45) is 17.8 Å². The van der Waals surface area contributed by atoms with E-state index in [4.69, 9.17) is 0 Å². The van der Waals surface area contributed by atoms with Crippen molar-refractivity contribution in [3.63, 3.8) is 0 Å². The molecule has 0 spiro atoms. The lowest BCUT2D eigenvalue weighted by Crippen LogP contribution is -2.04. The third-order valence-electron chi connectivity index (χ3n) is 10.8. The van der Waals surface area contributed by atoms with Crippen LogP contribution in [0, 0.1) is 17.8 Å². The van der Waals surface area contributed by atoms with E-state index in [-0.39, 0.29) is 0 Å². The topological polar surface area (TPSA) is 51.2 Å². The summed E-state index contributed by atoms with van der Waals surface area (Å²) in [6, 6.07) is 0. The van der Waals surface area contributed by atoms with Gasteiger partial charge in [-0.15, -0.1) is 0 Å². The predicted octanol–water partition coefficient (Wildman–Crippen LogP) is 15.2. The van der Waals surface area contributed by atoms with Crippen LogP contribution in [0.25, 0.3) is 0 Å². The monoisotopic (exact) mass is 709 g/mol. The van der Waals surface area contributed by atoms with E-state index in [1.165, 1.54) is 141 Å². The summed E-state index contributed by atoms with van der Waals surface area (Å²) in [4.78, 5) is 35.1. The van der Waals surface area contributed by atoms with Crippen molar-refractivity contribution >= 4 is 17.3 Å². The molecule has 3 aliphatic rings. The van der Waals surface area contributed by atoms with Crippen LogP contribution < -0.4 is 0 Å². The number of rotatable bonds is 0. The molecule has 3 rings (SSSR count). The molecule has 0 amide bonds. The lowest BCUT2D eigenvalue weighted by atomic mass is 9.97. The van der Waals surface area contributed by atoms with Crippen molar-refractivity contribution in [1.29, 1.82) is 0 Å². The molecule has 0 aromatic heterocycles. The SMILES string of the molecule is CC1/C=C/CCCCCCCCCCC(=O)C1.CC1C/C=C\CCCCCCCCCC(=O)C1.CC1CC=CCCCCCCCCCC(=O)C1. The van der Waals surface area contributed by atoms with Crippen LogP contribution in [0.4, 0.5) is 0 Å². The molecular formula is C48H84O3. The second-order valence-corrected chi connectivity index (χ2v) is 16.7. The minimum Gasteiger partial charge on any atom is -0.300 e. The van der Waals surface area contributed by atoms with E-state index in [2.05, 4.69) is 57.2 Å². The Morgan fingerprint density at radius 1 is 0.353 bits per heavy atom. The molecule has 0 aliphatic heterocycles. The average Bonchev–Trinajstić information content (AvgIpc) is 3.11. The number of hydrogen-bond acceptors (Lipinski definition) is 3. The van der Waals surface area contributed by atoms with Crippen molar-refractivity contribution in [1.82, 2.24) is 0 Å². The van der Waals surface area contributed by atoms with Gasteiger partial charge >= 0.3 is 0 Å². The van der Waals surface area contributed by atoms with Gasteiger partial charge in [-0.2, -0.15) is 0 Å². The van der Waals surface area contributed by atoms with Crippen molar-refractivity contribution in [2.75, 3.05) is 0 Å². The van der Waals surface area contributed by atoms with Gasteiger partial charge in [0.25, 0.3) is 0 Å². The quantitative estimate of drug-likeness (QED) is 0.235. The Morgan fingerprint density at radius 3 is 1.02 bits per heavy atom. The highest BCUT2D eigenvalue weighted by Crippen LogP contribution is 2.18. The zero-order valence-electron chi connectivity index (χ0n) is 34.3. The minimum atomic E-state index is 0.438. The molecule has 3 aliphatic carbocycles. The first-order valence-corrected chi connectivity index (χ1v) is 22.4. The molecule has 294 valence electrons. The molecule has 51 heavy (non-hydrogen) atoms. The number of Topliss-reactive ketones (excluding diaryl/α,β-unsaturated/α-hetero) is 3. The van der Waals surface area contributed by atoms with E-state index < -0.39 is 0 Å². The summed E-state index contributed by atoms with van der Waals surface area (Å²) in [6.45, 7) is 6.55. The molecule has 3 heteroatoms. The van der Waals surface area contributed by atoms with Crippen LogP contribution in [0.1, 0.15) is 233 Å². The van der Waals surface area contributed by atoms with Crippen molar-refractivity contribution < 1.29 is 14.4 Å². The van der Waals surface area contributed by atoms with Crippen molar-refractivity contribution in [2.45, 2.75) is 233 Å². The maximum absolute atomic E-state index is 11.7. The highest BCUT2D eigenvalue weighted by Gasteiger charge is 2.10. The van der Waals surface area contributed by atoms with Crippen LogP contribution in [0.2, 0.25) is 0 Å². The van der Waals surface area contributed by atoms with Crippen molar-refractivity contribution in [3.05, 3.63) is 36.5 Å². The molecule has 0 N–H and O–H groups in total. The molecular weight excluding hydrogens is 625 g/mol. The third-order valence-corrected chi connectivity index (χ3v) is 10.8. The molecule has 0 aromatic rings.